The van der Waals surface area contributed by atoms with Crippen LogP contribution in [-0.2, 0) is 30.5 Å². The fourth-order valence-corrected chi connectivity index (χ4v) is 17.6. The van der Waals surface area contributed by atoms with E-state index in [-0.39, 0.29) is 69.6 Å². The number of benzene rings is 2. The number of aromatic nitrogens is 2. The number of imidazole rings is 1. The van der Waals surface area contributed by atoms with Crippen LogP contribution in [0.4, 0.5) is 0 Å². The Balaban J connectivity index is 0.848. The molecule has 8 heteroatoms. The summed E-state index contributed by atoms with van der Waals surface area (Å²) in [6.07, 6.45) is 15.3. The van der Waals surface area contributed by atoms with Crippen molar-refractivity contribution in [2.45, 2.75) is 165 Å². The Labute approximate surface area is 395 Å². The first-order valence-electron chi connectivity index (χ1n) is 26.2. The number of fused-ring (bicyclic) bond motifs is 7. The van der Waals surface area contributed by atoms with E-state index in [1.54, 1.807) is 0 Å². The number of esters is 2. The molecule has 7 aliphatic rings. The van der Waals surface area contributed by atoms with Crippen molar-refractivity contribution >= 4 is 17.8 Å². The van der Waals surface area contributed by atoms with Gasteiger partial charge >= 0.3 is 11.9 Å². The van der Waals surface area contributed by atoms with Crippen molar-refractivity contribution < 1.29 is 23.9 Å². The Morgan fingerprint density at radius 2 is 1.45 bits per heavy atom. The fourth-order valence-electron chi connectivity index (χ4n) is 17.6. The molecule has 8 nitrogen and oxygen atoms in total. The van der Waals surface area contributed by atoms with E-state index in [1.807, 2.05) is 56.4 Å². The first-order valence-corrected chi connectivity index (χ1v) is 26.2. The minimum absolute atomic E-state index is 0.00345. The van der Waals surface area contributed by atoms with Gasteiger partial charge in [-0.15, -0.1) is 0 Å². The molecule has 66 heavy (non-hydrogen) atoms. The predicted octanol–water partition coefficient (Wildman–Crippen LogP) is 12.8. The molecule has 2 heterocycles. The van der Waals surface area contributed by atoms with Crippen LogP contribution in [-0.4, -0.2) is 45.4 Å². The van der Waals surface area contributed by atoms with Crippen LogP contribution in [0.2, 0.25) is 0 Å². The number of amides is 1. The summed E-state index contributed by atoms with van der Waals surface area (Å²) in [5, 5.41) is 0. The topological polar surface area (TPSA) is 102 Å². The van der Waals surface area contributed by atoms with Crippen molar-refractivity contribution in [3.05, 3.63) is 78.2 Å². The lowest BCUT2D eigenvalue weighted by Crippen LogP contribution is -2.67. The number of hydrogen-bond donors (Lipinski definition) is 1. The molecule has 13 atom stereocenters. The van der Waals surface area contributed by atoms with Crippen molar-refractivity contribution in [2.24, 2.45) is 79.8 Å². The number of carbonyl (C=O) groups excluding carboxylic acids is 3. The highest BCUT2D eigenvalue weighted by atomic mass is 16.5. The average Bonchev–Trinajstić information content (AvgIpc) is 4.07. The molecule has 2 aromatic carbocycles. The summed E-state index contributed by atoms with van der Waals surface area (Å²) in [6.45, 7) is 22.8. The van der Waals surface area contributed by atoms with Gasteiger partial charge in [0.15, 0.2) is 0 Å². The maximum absolute atomic E-state index is 15.6. The number of nitrogens with one attached hydrogen (secondary N) is 1. The van der Waals surface area contributed by atoms with E-state index in [0.29, 0.717) is 47.8 Å². The van der Waals surface area contributed by atoms with Crippen LogP contribution in [0.5, 0.6) is 0 Å². The van der Waals surface area contributed by atoms with Gasteiger partial charge in [0.25, 0.3) is 0 Å². The van der Waals surface area contributed by atoms with E-state index in [0.717, 1.165) is 87.0 Å². The molecule has 6 aliphatic carbocycles. The highest BCUT2D eigenvalue weighted by Crippen LogP contribution is 2.78. The third kappa shape index (κ3) is 6.84. The standard InChI is InChI=1S/C58H79N3O5/c1-36(2)39-24-29-58(52(64)61-32-16-21-44(61)49-59-34-43(60-49)38-19-14-11-15-20-38)31-30-56(8)40(48(39)58)22-23-46-55(7)27-26-47(54(5,6)45(55)25-28-57(46,56)9)66-51(63)42-33-41(53(42,3)4)50(62)65-35-37-17-12-10-13-18-37/h10-15,17-20,34,36,39-42,44-48H,16,21-33,35H2,1-9H3,(H,59,60)/t39-,40+,41-,42+,44-,45-,46+,47-,48+,55-,56+,57+,58-/m0/s1. The molecule has 3 aromatic rings. The first-order chi connectivity index (χ1) is 31.4. The zero-order chi connectivity index (χ0) is 46.6. The number of rotatable bonds is 9. The minimum Gasteiger partial charge on any atom is -0.462 e. The maximum atomic E-state index is 15.6. The molecule has 1 saturated heterocycles. The smallest absolute Gasteiger partial charge is 0.309 e. The van der Waals surface area contributed by atoms with Gasteiger partial charge in [-0.25, -0.2) is 4.98 Å². The SMILES string of the molecule is CC(C)[C@@H]1CC[C@]2(C(=O)N3CCC[C@H]3c3ncc(-c4ccccc4)[nH]3)CC[C@]3(C)[C@H](CC[C@@H]4[C@@]5(C)CC[C@H](OC(=O)[C@H]6C[C@@H](C(=O)OCc7ccccc7)C6(C)C)C(C)(C)[C@@H]5CC[C@]43C)[C@@H]12. The van der Waals surface area contributed by atoms with Crippen LogP contribution in [0.25, 0.3) is 11.3 Å². The van der Waals surface area contributed by atoms with Gasteiger partial charge in [-0.3, -0.25) is 14.4 Å². The third-order valence-corrected chi connectivity index (χ3v) is 21.5. The van der Waals surface area contributed by atoms with Gasteiger partial charge in [0.2, 0.25) is 5.91 Å². The number of hydrogen-bond acceptors (Lipinski definition) is 6. The minimum atomic E-state index is -0.517. The lowest BCUT2D eigenvalue weighted by molar-refractivity contribution is -0.252. The summed E-state index contributed by atoms with van der Waals surface area (Å²) >= 11 is 0. The van der Waals surface area contributed by atoms with E-state index in [2.05, 4.69) is 82.6 Å². The number of likely N-dealkylation sites (tertiary alicyclic amines) is 1. The quantitative estimate of drug-likeness (QED) is 0.215. The zero-order valence-electron chi connectivity index (χ0n) is 41.7. The second-order valence-electron chi connectivity index (χ2n) is 25.0. The van der Waals surface area contributed by atoms with E-state index in [9.17, 15) is 9.59 Å². The normalized spacial score (nSPS) is 39.7. The van der Waals surface area contributed by atoms with Gasteiger partial charge in [0.1, 0.15) is 18.5 Å². The summed E-state index contributed by atoms with van der Waals surface area (Å²) in [5.74, 6) is 3.43. The molecule has 0 spiro atoms. The molecule has 6 saturated carbocycles. The molecule has 1 amide bonds. The predicted molar refractivity (Wildman–Crippen MR) is 258 cm³/mol. The van der Waals surface area contributed by atoms with Crippen LogP contribution < -0.4 is 0 Å². The largest absolute Gasteiger partial charge is 0.462 e. The Morgan fingerprint density at radius 1 is 0.742 bits per heavy atom. The molecule has 0 radical (unpaired) electrons. The summed E-state index contributed by atoms with van der Waals surface area (Å²) in [7, 11) is 0. The maximum Gasteiger partial charge on any atom is 0.309 e. The molecule has 1 aromatic heterocycles. The van der Waals surface area contributed by atoms with Crippen LogP contribution in [0, 0.1) is 79.8 Å². The second kappa shape index (κ2) is 16.4. The number of ether oxygens (including phenoxy) is 2. The molecule has 7 fully saturated rings. The van der Waals surface area contributed by atoms with E-state index in [1.165, 1.54) is 19.3 Å². The Morgan fingerprint density at radius 3 is 2.17 bits per heavy atom. The Bertz CT molecular complexity index is 2300. The van der Waals surface area contributed by atoms with Crippen molar-refractivity contribution in [1.82, 2.24) is 14.9 Å². The van der Waals surface area contributed by atoms with Crippen LogP contribution >= 0.6 is 0 Å². The van der Waals surface area contributed by atoms with Crippen molar-refractivity contribution in [1.29, 1.82) is 0 Å². The summed E-state index contributed by atoms with van der Waals surface area (Å²) in [4.78, 5) is 53.9. The first kappa shape index (κ1) is 45.8. The third-order valence-electron chi connectivity index (χ3n) is 21.5. The molecular weight excluding hydrogens is 819 g/mol. The second-order valence-corrected chi connectivity index (χ2v) is 25.0. The van der Waals surface area contributed by atoms with Crippen molar-refractivity contribution in [3.8, 4) is 11.3 Å². The van der Waals surface area contributed by atoms with Crippen molar-refractivity contribution in [2.75, 3.05) is 6.54 Å². The van der Waals surface area contributed by atoms with Gasteiger partial charge < -0.3 is 19.4 Å². The van der Waals surface area contributed by atoms with Crippen LogP contribution in [0.1, 0.15) is 163 Å². The molecule has 1 N–H and O–H groups in total. The van der Waals surface area contributed by atoms with E-state index < -0.39 is 5.41 Å². The van der Waals surface area contributed by atoms with Crippen LogP contribution in [0.3, 0.4) is 0 Å². The van der Waals surface area contributed by atoms with Gasteiger partial charge in [0, 0.05) is 12.0 Å². The highest BCUT2D eigenvalue weighted by Gasteiger charge is 2.73. The van der Waals surface area contributed by atoms with Crippen LogP contribution in [0.15, 0.2) is 66.9 Å². The molecule has 0 bridgehead atoms. The van der Waals surface area contributed by atoms with Gasteiger partial charge in [0.05, 0.1) is 35.2 Å². The van der Waals surface area contributed by atoms with E-state index in [4.69, 9.17) is 14.5 Å². The summed E-state index contributed by atoms with van der Waals surface area (Å²) in [6, 6.07) is 20.2. The number of carbonyl (C=O) groups is 3. The lowest BCUT2D eigenvalue weighted by atomic mass is 9.32. The van der Waals surface area contributed by atoms with E-state index >= 15 is 4.79 Å². The fraction of sp³-hybridized carbons (Fsp3) is 0.690. The lowest BCUT2D eigenvalue weighted by Gasteiger charge is -2.73. The highest BCUT2D eigenvalue weighted by molar-refractivity contribution is 5.85. The molecule has 0 unspecified atom stereocenters. The zero-order valence-corrected chi connectivity index (χ0v) is 41.7. The van der Waals surface area contributed by atoms with Gasteiger partial charge in [-0.2, -0.15) is 0 Å². The van der Waals surface area contributed by atoms with Gasteiger partial charge in [-0.1, -0.05) is 123 Å². The van der Waals surface area contributed by atoms with Gasteiger partial charge in [-0.05, 0) is 152 Å². The summed E-state index contributed by atoms with van der Waals surface area (Å²) in [5.41, 5.74) is 2.57. The molecular formula is C58H79N3O5. The number of nitrogens with zero attached hydrogens (tertiary/aromatic N) is 2. The summed E-state index contributed by atoms with van der Waals surface area (Å²) < 4.78 is 12.4. The Hall–Kier alpha value is -3.94. The number of aromatic amines is 1. The average molecular weight is 898 g/mol. The van der Waals surface area contributed by atoms with Crippen molar-refractivity contribution in [3.63, 3.8) is 0 Å². The molecule has 10 rings (SSSR count). The molecule has 1 aliphatic heterocycles. The monoisotopic (exact) mass is 898 g/mol. The molecule has 356 valence electrons. The Kier molecular flexibility index (Phi) is 11.4. The number of H-pyrrole nitrogens is 1.